The summed E-state index contributed by atoms with van der Waals surface area (Å²) >= 11 is 0. The van der Waals surface area contributed by atoms with Crippen molar-refractivity contribution in [3.63, 3.8) is 0 Å². The average Bonchev–Trinajstić information content (AvgIpc) is 2.85. The zero-order valence-corrected chi connectivity index (χ0v) is 8.90. The number of hydrogen-bond acceptors (Lipinski definition) is 4. The number of methoxy groups -OCH3 is 1. The summed E-state index contributed by atoms with van der Waals surface area (Å²) in [5.41, 5.74) is 0.0192. The standard InChI is InChI=1S/C10H9FN4O2/c1-17-6-2-3-7(11)8(4-6)14-10(16)9-12-5-13-15-9/h2-5H,1H3,(H,14,16)(H,12,13,15). The van der Waals surface area contributed by atoms with Gasteiger partial charge in [-0.25, -0.2) is 9.37 Å². The van der Waals surface area contributed by atoms with Crippen molar-refractivity contribution < 1.29 is 13.9 Å². The number of amides is 1. The second kappa shape index (κ2) is 4.60. The van der Waals surface area contributed by atoms with Crippen LogP contribution in [0.5, 0.6) is 5.75 Å². The molecule has 2 rings (SSSR count). The van der Waals surface area contributed by atoms with E-state index in [2.05, 4.69) is 20.5 Å². The van der Waals surface area contributed by atoms with Crippen LogP contribution in [0.25, 0.3) is 0 Å². The SMILES string of the molecule is COc1ccc(F)c(NC(=O)c2ncn[nH]2)c1. The van der Waals surface area contributed by atoms with Crippen molar-refractivity contribution >= 4 is 11.6 Å². The zero-order chi connectivity index (χ0) is 12.3. The molecule has 1 aromatic carbocycles. The molecule has 0 unspecified atom stereocenters. The maximum Gasteiger partial charge on any atom is 0.293 e. The van der Waals surface area contributed by atoms with Gasteiger partial charge in [-0.15, -0.1) is 0 Å². The first-order valence-corrected chi connectivity index (χ1v) is 4.71. The van der Waals surface area contributed by atoms with E-state index in [0.717, 1.165) is 0 Å². The number of nitrogens with zero attached hydrogens (tertiary/aromatic N) is 2. The Bertz CT molecular complexity index is 527. The minimum absolute atomic E-state index is 0.00669. The van der Waals surface area contributed by atoms with E-state index in [1.165, 1.54) is 31.6 Å². The number of benzene rings is 1. The summed E-state index contributed by atoms with van der Waals surface area (Å²) in [6, 6.07) is 4.04. The maximum absolute atomic E-state index is 13.4. The lowest BCUT2D eigenvalue weighted by atomic mass is 10.3. The number of hydrogen-bond donors (Lipinski definition) is 2. The molecule has 1 amide bonds. The molecule has 1 heterocycles. The molecular weight excluding hydrogens is 227 g/mol. The Morgan fingerprint density at radius 1 is 1.53 bits per heavy atom. The fourth-order valence-corrected chi connectivity index (χ4v) is 1.22. The van der Waals surface area contributed by atoms with E-state index in [-0.39, 0.29) is 11.5 Å². The van der Waals surface area contributed by atoms with Gasteiger partial charge in [-0.3, -0.25) is 9.89 Å². The maximum atomic E-state index is 13.4. The summed E-state index contributed by atoms with van der Waals surface area (Å²) < 4.78 is 18.3. The van der Waals surface area contributed by atoms with Crippen LogP contribution in [0.4, 0.5) is 10.1 Å². The minimum atomic E-state index is -0.574. The highest BCUT2D eigenvalue weighted by Gasteiger charge is 2.12. The molecule has 2 aromatic rings. The fourth-order valence-electron chi connectivity index (χ4n) is 1.22. The van der Waals surface area contributed by atoms with Crippen molar-refractivity contribution in [2.45, 2.75) is 0 Å². The predicted molar refractivity (Wildman–Crippen MR) is 57.3 cm³/mol. The molecule has 0 aliphatic rings. The van der Waals surface area contributed by atoms with Gasteiger partial charge in [0, 0.05) is 6.07 Å². The number of aromatic amines is 1. The summed E-state index contributed by atoms with van der Waals surface area (Å²) in [7, 11) is 1.45. The van der Waals surface area contributed by atoms with Crippen LogP contribution in [-0.4, -0.2) is 28.2 Å². The highest BCUT2D eigenvalue weighted by atomic mass is 19.1. The van der Waals surface area contributed by atoms with Gasteiger partial charge in [-0.1, -0.05) is 0 Å². The van der Waals surface area contributed by atoms with Crippen LogP contribution < -0.4 is 10.1 Å². The molecule has 1 aromatic heterocycles. The van der Waals surface area contributed by atoms with Gasteiger partial charge in [0.2, 0.25) is 5.82 Å². The number of ether oxygens (including phenoxy) is 1. The van der Waals surface area contributed by atoms with Crippen LogP contribution >= 0.6 is 0 Å². The van der Waals surface area contributed by atoms with Crippen LogP contribution in [0.3, 0.4) is 0 Å². The number of halogens is 1. The van der Waals surface area contributed by atoms with Crippen molar-refractivity contribution in [3.05, 3.63) is 36.2 Å². The van der Waals surface area contributed by atoms with E-state index >= 15 is 0 Å². The lowest BCUT2D eigenvalue weighted by molar-refractivity contribution is 0.101. The lowest BCUT2D eigenvalue weighted by Gasteiger charge is -2.06. The van der Waals surface area contributed by atoms with Crippen molar-refractivity contribution in [1.29, 1.82) is 0 Å². The predicted octanol–water partition coefficient (Wildman–Crippen LogP) is 1.20. The first kappa shape index (κ1) is 11.1. The molecule has 88 valence electrons. The van der Waals surface area contributed by atoms with E-state index in [1.807, 2.05) is 0 Å². The largest absolute Gasteiger partial charge is 0.497 e. The Hall–Kier alpha value is -2.44. The molecule has 0 saturated heterocycles. The van der Waals surface area contributed by atoms with Gasteiger partial charge in [-0.2, -0.15) is 5.10 Å². The zero-order valence-electron chi connectivity index (χ0n) is 8.90. The molecule has 0 spiro atoms. The summed E-state index contributed by atoms with van der Waals surface area (Å²) in [5.74, 6) is -0.681. The number of carbonyl (C=O) groups excluding carboxylic acids is 1. The molecule has 0 saturated carbocycles. The van der Waals surface area contributed by atoms with Gasteiger partial charge < -0.3 is 10.1 Å². The van der Waals surface area contributed by atoms with E-state index < -0.39 is 11.7 Å². The van der Waals surface area contributed by atoms with Gasteiger partial charge >= 0.3 is 0 Å². The Morgan fingerprint density at radius 2 is 2.35 bits per heavy atom. The molecule has 0 atom stereocenters. The monoisotopic (exact) mass is 236 g/mol. The van der Waals surface area contributed by atoms with Gasteiger partial charge in [0.15, 0.2) is 0 Å². The van der Waals surface area contributed by atoms with Crippen molar-refractivity contribution in [3.8, 4) is 5.75 Å². The number of nitrogens with one attached hydrogen (secondary N) is 2. The lowest BCUT2D eigenvalue weighted by Crippen LogP contribution is -2.14. The van der Waals surface area contributed by atoms with Crippen LogP contribution in [0.15, 0.2) is 24.5 Å². The topological polar surface area (TPSA) is 79.9 Å². The van der Waals surface area contributed by atoms with Crippen molar-refractivity contribution in [2.24, 2.45) is 0 Å². The summed E-state index contributed by atoms with van der Waals surface area (Å²) in [6.07, 6.45) is 1.19. The highest BCUT2D eigenvalue weighted by Crippen LogP contribution is 2.21. The normalized spacial score (nSPS) is 10.0. The van der Waals surface area contributed by atoms with Gasteiger partial charge in [-0.05, 0) is 12.1 Å². The van der Waals surface area contributed by atoms with Gasteiger partial charge in [0.1, 0.15) is 17.9 Å². The number of H-pyrrole nitrogens is 1. The molecule has 0 aliphatic carbocycles. The molecule has 0 bridgehead atoms. The van der Waals surface area contributed by atoms with Crippen LogP contribution in [0.1, 0.15) is 10.6 Å². The third-order valence-electron chi connectivity index (χ3n) is 2.05. The number of anilines is 1. The number of rotatable bonds is 3. The van der Waals surface area contributed by atoms with E-state index in [4.69, 9.17) is 4.74 Å². The number of aromatic nitrogens is 3. The Morgan fingerprint density at radius 3 is 3.00 bits per heavy atom. The average molecular weight is 236 g/mol. The van der Waals surface area contributed by atoms with Crippen LogP contribution in [0, 0.1) is 5.82 Å². The molecule has 6 nitrogen and oxygen atoms in total. The first-order chi connectivity index (χ1) is 8.20. The second-order valence-electron chi connectivity index (χ2n) is 3.13. The Labute approximate surface area is 95.8 Å². The van der Waals surface area contributed by atoms with E-state index in [0.29, 0.717) is 5.75 Å². The Balaban J connectivity index is 2.21. The molecule has 0 radical (unpaired) electrons. The summed E-state index contributed by atoms with van der Waals surface area (Å²) in [6.45, 7) is 0. The third-order valence-corrected chi connectivity index (χ3v) is 2.05. The van der Waals surface area contributed by atoms with E-state index in [1.54, 1.807) is 0 Å². The molecule has 0 fully saturated rings. The molecule has 7 heteroatoms. The molecule has 0 aliphatic heterocycles. The minimum Gasteiger partial charge on any atom is -0.497 e. The van der Waals surface area contributed by atoms with Crippen molar-refractivity contribution in [1.82, 2.24) is 15.2 Å². The fraction of sp³-hybridized carbons (Fsp3) is 0.100. The summed E-state index contributed by atoms with van der Waals surface area (Å²) in [4.78, 5) is 15.2. The Kier molecular flexibility index (Phi) is 2.99. The quantitative estimate of drug-likeness (QED) is 0.839. The summed E-state index contributed by atoms with van der Waals surface area (Å²) in [5, 5.41) is 8.26. The molecular formula is C10H9FN4O2. The van der Waals surface area contributed by atoms with Gasteiger partial charge in [0.05, 0.1) is 12.8 Å². The highest BCUT2D eigenvalue weighted by molar-refractivity contribution is 6.01. The third kappa shape index (κ3) is 2.39. The van der Waals surface area contributed by atoms with Gasteiger partial charge in [0.25, 0.3) is 5.91 Å². The van der Waals surface area contributed by atoms with Crippen LogP contribution in [0.2, 0.25) is 0 Å². The van der Waals surface area contributed by atoms with Crippen LogP contribution in [-0.2, 0) is 0 Å². The molecule has 2 N–H and O–H groups in total. The number of carbonyl (C=O) groups is 1. The van der Waals surface area contributed by atoms with E-state index in [9.17, 15) is 9.18 Å². The smallest absolute Gasteiger partial charge is 0.293 e. The molecule has 17 heavy (non-hydrogen) atoms. The second-order valence-corrected chi connectivity index (χ2v) is 3.13. The first-order valence-electron chi connectivity index (χ1n) is 4.71. The van der Waals surface area contributed by atoms with Crippen molar-refractivity contribution in [2.75, 3.05) is 12.4 Å².